The van der Waals surface area contributed by atoms with E-state index >= 15 is 0 Å². The number of rotatable bonds is 4. The van der Waals surface area contributed by atoms with Crippen molar-refractivity contribution in [3.63, 3.8) is 0 Å². The summed E-state index contributed by atoms with van der Waals surface area (Å²) in [4.78, 5) is 40.1. The Morgan fingerprint density at radius 1 is 1.24 bits per heavy atom. The van der Waals surface area contributed by atoms with Crippen LogP contribution in [-0.4, -0.2) is 75.1 Å². The SMILES string of the molecule is CCNc1ccc2c(c1O)C(O)=C1C(=O)[C@]3(O)C(O)=C(C(N)=O)C(=O)[C@@H](N(C)C)[C@@H]3C[C@@H]1C2. The highest BCUT2D eigenvalue weighted by molar-refractivity contribution is 6.24. The Morgan fingerprint density at radius 2 is 1.91 bits per heavy atom. The summed E-state index contributed by atoms with van der Waals surface area (Å²) in [5.41, 5.74) is 2.75. The molecule has 1 fully saturated rings. The first kappa shape index (κ1) is 22.8. The Balaban J connectivity index is 1.95. The summed E-state index contributed by atoms with van der Waals surface area (Å²) in [6, 6.07) is 2.33. The summed E-state index contributed by atoms with van der Waals surface area (Å²) in [6.07, 6.45) is 0.343. The lowest BCUT2D eigenvalue weighted by Gasteiger charge is -2.50. The van der Waals surface area contributed by atoms with E-state index in [1.807, 2.05) is 6.92 Å². The smallest absolute Gasteiger partial charge is 0.255 e. The number of ketones is 2. The average molecular weight is 457 g/mol. The molecule has 0 aromatic heterocycles. The number of phenolic OH excluding ortho intramolecular Hbond substituents is 1. The van der Waals surface area contributed by atoms with Crippen molar-refractivity contribution in [2.75, 3.05) is 26.0 Å². The third kappa shape index (κ3) is 2.97. The molecule has 1 saturated carbocycles. The Morgan fingerprint density at radius 3 is 2.48 bits per heavy atom. The van der Waals surface area contributed by atoms with Crippen LogP contribution in [0.25, 0.3) is 5.76 Å². The number of Topliss-reactive ketones (excluding diaryl/α,β-unsaturated/α-hetero) is 2. The Hall–Kier alpha value is -3.37. The molecule has 1 aromatic rings. The normalized spacial score (nSPS) is 29.1. The van der Waals surface area contributed by atoms with Gasteiger partial charge in [0, 0.05) is 18.0 Å². The predicted octanol–water partition coefficient (Wildman–Crippen LogP) is 0.396. The van der Waals surface area contributed by atoms with Crippen LogP contribution in [0.15, 0.2) is 29.0 Å². The average Bonchev–Trinajstić information content (AvgIpc) is 2.72. The standard InChI is InChI=1S/C23H27N3O7/c1-4-25-12-6-5-9-7-10-8-11-16(26(2)3)19(29)15(22(24)32)21(31)23(11,33)20(30)14(10)18(28)13(9)17(12)27/h5-6,10-11,16,25,27-28,31,33H,4,7-8H2,1-3H3,(H2,24,32)/t10-,11-,16-,23-/m0/s1. The lowest BCUT2D eigenvalue weighted by Crippen LogP contribution is -2.65. The van der Waals surface area contributed by atoms with E-state index in [2.05, 4.69) is 5.32 Å². The molecule has 10 nitrogen and oxygen atoms in total. The molecule has 7 N–H and O–H groups in total. The predicted molar refractivity (Wildman–Crippen MR) is 118 cm³/mol. The van der Waals surface area contributed by atoms with Crippen molar-refractivity contribution in [2.24, 2.45) is 17.6 Å². The maximum Gasteiger partial charge on any atom is 0.255 e. The first-order chi connectivity index (χ1) is 15.5. The summed E-state index contributed by atoms with van der Waals surface area (Å²) in [5, 5.41) is 47.1. The van der Waals surface area contributed by atoms with E-state index in [9.17, 15) is 34.8 Å². The monoisotopic (exact) mass is 457 g/mol. The summed E-state index contributed by atoms with van der Waals surface area (Å²) in [5.74, 6) is -6.52. The minimum Gasteiger partial charge on any atom is -0.508 e. The van der Waals surface area contributed by atoms with E-state index < -0.39 is 58.0 Å². The number of likely N-dealkylation sites (N-methyl/N-ethyl adjacent to an activating group) is 1. The van der Waals surface area contributed by atoms with E-state index in [4.69, 9.17) is 5.73 Å². The Bertz CT molecular complexity index is 1150. The number of nitrogens with zero attached hydrogens (tertiary/aromatic N) is 1. The maximum absolute atomic E-state index is 13.7. The molecular weight excluding hydrogens is 430 g/mol. The van der Waals surface area contributed by atoms with Gasteiger partial charge in [-0.3, -0.25) is 19.3 Å². The van der Waals surface area contributed by atoms with Gasteiger partial charge in [-0.05, 0) is 51.4 Å². The van der Waals surface area contributed by atoms with Crippen molar-refractivity contribution >= 4 is 28.9 Å². The molecule has 0 heterocycles. The quantitative estimate of drug-likeness (QED) is 0.276. The van der Waals surface area contributed by atoms with Gasteiger partial charge in [-0.1, -0.05) is 6.07 Å². The molecule has 1 amide bonds. The molecule has 0 aliphatic heterocycles. The number of carbonyl (C=O) groups is 3. The third-order valence-corrected chi connectivity index (χ3v) is 6.96. The highest BCUT2D eigenvalue weighted by Crippen LogP contribution is 2.53. The molecule has 33 heavy (non-hydrogen) atoms. The lowest BCUT2D eigenvalue weighted by atomic mass is 9.57. The number of phenols is 1. The molecule has 0 spiro atoms. The van der Waals surface area contributed by atoms with Gasteiger partial charge in [0.2, 0.25) is 5.78 Å². The van der Waals surface area contributed by atoms with Crippen LogP contribution in [0.2, 0.25) is 0 Å². The molecule has 1 aromatic carbocycles. The Labute approximate surface area is 190 Å². The number of aromatic hydroxyl groups is 1. The second-order valence-electron chi connectivity index (χ2n) is 8.99. The maximum atomic E-state index is 13.7. The summed E-state index contributed by atoms with van der Waals surface area (Å²) in [6.45, 7) is 2.35. The zero-order valence-electron chi connectivity index (χ0n) is 18.5. The first-order valence-corrected chi connectivity index (χ1v) is 10.7. The fourth-order valence-corrected chi connectivity index (χ4v) is 5.55. The van der Waals surface area contributed by atoms with E-state index in [-0.39, 0.29) is 29.7 Å². The van der Waals surface area contributed by atoms with Crippen molar-refractivity contribution in [3.8, 4) is 5.75 Å². The number of nitrogens with two attached hydrogens (primary N) is 1. The van der Waals surface area contributed by atoms with Crippen LogP contribution in [0.5, 0.6) is 5.75 Å². The third-order valence-electron chi connectivity index (χ3n) is 6.96. The number of benzene rings is 1. The van der Waals surface area contributed by atoms with Crippen molar-refractivity contribution in [1.29, 1.82) is 0 Å². The number of nitrogens with one attached hydrogen (secondary N) is 1. The van der Waals surface area contributed by atoms with E-state index in [0.717, 1.165) is 0 Å². The summed E-state index contributed by atoms with van der Waals surface area (Å²) in [7, 11) is 3.13. The minimum absolute atomic E-state index is 0.0709. The number of primary amides is 1. The van der Waals surface area contributed by atoms with Gasteiger partial charge < -0.3 is 31.5 Å². The molecule has 176 valence electrons. The number of hydrogen-bond acceptors (Lipinski definition) is 9. The number of aliphatic hydroxyl groups is 3. The molecule has 4 rings (SSSR count). The number of aliphatic hydroxyl groups excluding tert-OH is 2. The largest absolute Gasteiger partial charge is 0.508 e. The van der Waals surface area contributed by atoms with Crippen LogP contribution in [0, 0.1) is 11.8 Å². The number of fused-ring (bicyclic) bond motifs is 3. The molecule has 4 atom stereocenters. The highest BCUT2D eigenvalue weighted by atomic mass is 16.3. The van der Waals surface area contributed by atoms with Gasteiger partial charge in [-0.25, -0.2) is 0 Å². The van der Waals surface area contributed by atoms with E-state index in [0.29, 0.717) is 17.8 Å². The van der Waals surface area contributed by atoms with Gasteiger partial charge in [0.05, 0.1) is 17.3 Å². The fourth-order valence-electron chi connectivity index (χ4n) is 5.55. The number of carbonyl (C=O) groups excluding carboxylic acids is 3. The van der Waals surface area contributed by atoms with Crippen molar-refractivity contribution < 1.29 is 34.8 Å². The van der Waals surface area contributed by atoms with Crippen molar-refractivity contribution in [2.45, 2.75) is 31.4 Å². The van der Waals surface area contributed by atoms with Crippen LogP contribution in [0.3, 0.4) is 0 Å². The summed E-state index contributed by atoms with van der Waals surface area (Å²) >= 11 is 0. The van der Waals surface area contributed by atoms with Gasteiger partial charge >= 0.3 is 0 Å². The van der Waals surface area contributed by atoms with Gasteiger partial charge in [0.25, 0.3) is 5.91 Å². The van der Waals surface area contributed by atoms with Gasteiger partial charge in [0.15, 0.2) is 11.4 Å². The molecule has 0 saturated heterocycles. The second-order valence-corrected chi connectivity index (χ2v) is 8.99. The zero-order valence-corrected chi connectivity index (χ0v) is 18.5. The molecule has 3 aliphatic rings. The van der Waals surface area contributed by atoms with Crippen molar-refractivity contribution in [1.82, 2.24) is 4.90 Å². The number of anilines is 1. The first-order valence-electron chi connectivity index (χ1n) is 10.7. The highest BCUT2D eigenvalue weighted by Gasteiger charge is 2.64. The van der Waals surface area contributed by atoms with Crippen molar-refractivity contribution in [3.05, 3.63) is 40.2 Å². The molecule has 0 bridgehead atoms. The Kier molecular flexibility index (Phi) is 5.25. The number of hydrogen-bond donors (Lipinski definition) is 6. The van der Waals surface area contributed by atoms with Gasteiger partial charge in [-0.15, -0.1) is 0 Å². The van der Waals surface area contributed by atoms with E-state index in [1.165, 1.54) is 4.90 Å². The van der Waals surface area contributed by atoms with Crippen LogP contribution >= 0.6 is 0 Å². The topological polar surface area (TPSA) is 173 Å². The second kappa shape index (κ2) is 7.60. The lowest BCUT2D eigenvalue weighted by molar-refractivity contribution is -0.153. The van der Waals surface area contributed by atoms with Crippen LogP contribution in [0.1, 0.15) is 24.5 Å². The van der Waals surface area contributed by atoms with E-state index in [1.54, 1.807) is 26.2 Å². The molecular formula is C23H27N3O7. The van der Waals surface area contributed by atoms with Crippen LogP contribution in [0.4, 0.5) is 5.69 Å². The molecule has 0 radical (unpaired) electrons. The zero-order chi connectivity index (χ0) is 24.4. The van der Waals surface area contributed by atoms with Crippen LogP contribution in [-0.2, 0) is 20.8 Å². The molecule has 0 unspecified atom stereocenters. The molecule has 3 aliphatic carbocycles. The van der Waals surface area contributed by atoms with Crippen LogP contribution < -0.4 is 11.1 Å². The summed E-state index contributed by atoms with van der Waals surface area (Å²) < 4.78 is 0. The fraction of sp³-hybridized carbons (Fsp3) is 0.435. The minimum atomic E-state index is -2.63. The molecule has 10 heteroatoms. The van der Waals surface area contributed by atoms with Gasteiger partial charge in [0.1, 0.15) is 22.8 Å². The number of amides is 1. The van der Waals surface area contributed by atoms with Gasteiger partial charge in [-0.2, -0.15) is 0 Å².